The summed E-state index contributed by atoms with van der Waals surface area (Å²) >= 11 is 13.2. The fourth-order valence-corrected chi connectivity index (χ4v) is 5.59. The summed E-state index contributed by atoms with van der Waals surface area (Å²) in [5, 5.41) is 6.59. The van der Waals surface area contributed by atoms with E-state index >= 15 is 0 Å². The minimum Gasteiger partial charge on any atom is -0.490 e. The molecule has 1 aromatic heterocycles. The molecule has 204 valence electrons. The number of anilines is 1. The first-order valence-electron chi connectivity index (χ1n) is 12.4. The van der Waals surface area contributed by atoms with Crippen LogP contribution in [0.4, 0.5) is 5.69 Å². The Morgan fingerprint density at radius 3 is 2.77 bits per heavy atom. The van der Waals surface area contributed by atoms with Crippen LogP contribution in [0.15, 0.2) is 48.1 Å². The van der Waals surface area contributed by atoms with Crippen molar-refractivity contribution >= 4 is 57.9 Å². The van der Waals surface area contributed by atoms with Crippen LogP contribution in [0.1, 0.15) is 44.9 Å². The Labute approximate surface area is 239 Å². The van der Waals surface area contributed by atoms with E-state index in [1.807, 2.05) is 6.07 Å². The van der Waals surface area contributed by atoms with Crippen LogP contribution >= 0.6 is 34.5 Å². The Balaban J connectivity index is 1.20. The van der Waals surface area contributed by atoms with Crippen molar-refractivity contribution in [2.45, 2.75) is 44.1 Å². The van der Waals surface area contributed by atoms with Crippen LogP contribution in [0.2, 0.25) is 10.0 Å². The maximum atomic E-state index is 13.4. The van der Waals surface area contributed by atoms with E-state index in [9.17, 15) is 14.4 Å². The quantitative estimate of drug-likeness (QED) is 0.428. The highest BCUT2D eigenvalue weighted by Crippen LogP contribution is 2.33. The second-order valence-electron chi connectivity index (χ2n) is 9.43. The first kappa shape index (κ1) is 27.4. The number of ether oxygens (including phenoxy) is 2. The zero-order chi connectivity index (χ0) is 27.5. The van der Waals surface area contributed by atoms with Crippen molar-refractivity contribution in [3.8, 4) is 5.75 Å². The van der Waals surface area contributed by atoms with Gasteiger partial charge in [-0.1, -0.05) is 29.3 Å². The predicted octanol–water partition coefficient (Wildman–Crippen LogP) is 4.79. The standard InChI is InChI=1S/C27H26Cl2N4O5S/c1-33-21-6-4-17(10-25(34)31-11-15-2-5-19(28)20(29)8-15)38-23(21)13-37-22-7-3-16(9-18(22)27(33)36)32-26(35)24-12-30-14-39-24/h2-3,5,7-9,12,14,17,21,23H,4,6,10-11,13H2,1H3,(H,31,34)(H,32,35)/t17-,21+,23-/m1/s1. The SMILES string of the molecule is CN1C(=O)c2cc(NC(=O)c3cncs3)ccc2OC[C@H]2O[C@@H](CC(=O)NCc3ccc(Cl)c(Cl)c3)CC[C@@H]21. The predicted molar refractivity (Wildman–Crippen MR) is 149 cm³/mol. The molecule has 3 amide bonds. The number of nitrogens with one attached hydrogen (secondary N) is 2. The largest absolute Gasteiger partial charge is 0.490 e. The van der Waals surface area contributed by atoms with E-state index in [0.29, 0.717) is 51.3 Å². The van der Waals surface area contributed by atoms with E-state index < -0.39 is 0 Å². The minimum atomic E-state index is -0.389. The number of fused-ring (bicyclic) bond motifs is 2. The van der Waals surface area contributed by atoms with Gasteiger partial charge in [0.15, 0.2) is 0 Å². The number of benzene rings is 2. The Morgan fingerprint density at radius 1 is 1.15 bits per heavy atom. The molecule has 2 N–H and O–H groups in total. The summed E-state index contributed by atoms with van der Waals surface area (Å²) in [5.41, 5.74) is 3.28. The Kier molecular flexibility index (Phi) is 8.37. The molecule has 2 aromatic carbocycles. The lowest BCUT2D eigenvalue weighted by atomic mass is 9.94. The summed E-state index contributed by atoms with van der Waals surface area (Å²) in [6.07, 6.45) is 2.29. The second kappa shape index (κ2) is 11.9. The number of hydrogen-bond acceptors (Lipinski definition) is 7. The van der Waals surface area contributed by atoms with Gasteiger partial charge in [0.25, 0.3) is 11.8 Å². The Bertz CT molecular complexity index is 1390. The van der Waals surface area contributed by atoms with Gasteiger partial charge in [-0.3, -0.25) is 19.4 Å². The maximum absolute atomic E-state index is 13.4. The Hall–Kier alpha value is -3.18. The highest BCUT2D eigenvalue weighted by Gasteiger charge is 2.39. The molecule has 5 rings (SSSR count). The van der Waals surface area contributed by atoms with Gasteiger partial charge in [0.2, 0.25) is 5.91 Å². The molecule has 0 aliphatic carbocycles. The lowest BCUT2D eigenvalue weighted by Crippen LogP contribution is -2.53. The summed E-state index contributed by atoms with van der Waals surface area (Å²) in [5.74, 6) is -0.252. The Morgan fingerprint density at radius 2 is 2.00 bits per heavy atom. The van der Waals surface area contributed by atoms with E-state index in [1.165, 1.54) is 17.5 Å². The van der Waals surface area contributed by atoms with Crippen molar-refractivity contribution in [3.63, 3.8) is 0 Å². The van der Waals surface area contributed by atoms with E-state index in [-0.39, 0.29) is 49.0 Å². The van der Waals surface area contributed by atoms with Crippen LogP contribution in [0, 0.1) is 0 Å². The number of hydrogen-bond donors (Lipinski definition) is 2. The summed E-state index contributed by atoms with van der Waals surface area (Å²) in [7, 11) is 1.74. The van der Waals surface area contributed by atoms with Gasteiger partial charge >= 0.3 is 0 Å². The molecule has 1 saturated heterocycles. The zero-order valence-electron chi connectivity index (χ0n) is 21.0. The van der Waals surface area contributed by atoms with E-state index in [4.69, 9.17) is 32.7 Å². The lowest BCUT2D eigenvalue weighted by Gasteiger charge is -2.42. The van der Waals surface area contributed by atoms with Gasteiger partial charge in [-0.25, -0.2) is 0 Å². The molecule has 0 bridgehead atoms. The molecule has 2 aliphatic heterocycles. The van der Waals surface area contributed by atoms with E-state index in [1.54, 1.807) is 47.8 Å². The molecule has 3 heterocycles. The monoisotopic (exact) mass is 588 g/mol. The number of carbonyl (C=O) groups is 3. The number of amides is 3. The molecule has 12 heteroatoms. The molecule has 0 unspecified atom stereocenters. The van der Waals surface area contributed by atoms with Crippen LogP contribution in [0.25, 0.3) is 0 Å². The van der Waals surface area contributed by atoms with Crippen molar-refractivity contribution < 1.29 is 23.9 Å². The summed E-state index contributed by atoms with van der Waals surface area (Å²) in [4.78, 5) is 44.5. The number of nitrogens with zero attached hydrogens (tertiary/aromatic N) is 2. The number of carbonyl (C=O) groups excluding carboxylic acids is 3. The first-order chi connectivity index (χ1) is 18.8. The molecule has 1 fully saturated rings. The summed E-state index contributed by atoms with van der Waals surface area (Å²) < 4.78 is 12.3. The van der Waals surface area contributed by atoms with Crippen LogP contribution in [-0.2, 0) is 16.1 Å². The first-order valence-corrected chi connectivity index (χ1v) is 14.0. The van der Waals surface area contributed by atoms with E-state index in [0.717, 1.165) is 5.56 Å². The van der Waals surface area contributed by atoms with Gasteiger partial charge in [-0.05, 0) is 48.7 Å². The molecular formula is C27H26Cl2N4O5S. The normalized spacial score (nSPS) is 20.6. The van der Waals surface area contributed by atoms with Crippen LogP contribution < -0.4 is 15.4 Å². The molecular weight excluding hydrogens is 563 g/mol. The van der Waals surface area contributed by atoms with Crippen LogP contribution in [0.3, 0.4) is 0 Å². The molecule has 3 aromatic rings. The number of aromatic nitrogens is 1. The highest BCUT2D eigenvalue weighted by atomic mass is 35.5. The van der Waals surface area contributed by atoms with Crippen LogP contribution in [-0.4, -0.2) is 59.5 Å². The number of likely N-dealkylation sites (N-methyl/N-ethyl adjacent to an activating group) is 1. The second-order valence-corrected chi connectivity index (χ2v) is 11.1. The zero-order valence-corrected chi connectivity index (χ0v) is 23.3. The van der Waals surface area contributed by atoms with Gasteiger partial charge in [0.1, 0.15) is 23.3 Å². The number of halogens is 2. The third-order valence-corrected chi connectivity index (χ3v) is 8.32. The van der Waals surface area contributed by atoms with Gasteiger partial charge in [-0.2, -0.15) is 0 Å². The highest BCUT2D eigenvalue weighted by molar-refractivity contribution is 7.11. The molecule has 9 nitrogen and oxygen atoms in total. The van der Waals surface area contributed by atoms with Gasteiger partial charge in [0, 0.05) is 19.3 Å². The lowest BCUT2D eigenvalue weighted by molar-refractivity contribution is -0.134. The molecule has 0 radical (unpaired) electrons. The number of rotatable bonds is 6. The molecule has 0 saturated carbocycles. The average Bonchev–Trinajstić information content (AvgIpc) is 3.47. The fourth-order valence-electron chi connectivity index (χ4n) is 4.76. The average molecular weight is 590 g/mol. The topological polar surface area (TPSA) is 110 Å². The van der Waals surface area contributed by atoms with Crippen molar-refractivity contribution in [1.29, 1.82) is 0 Å². The molecule has 39 heavy (non-hydrogen) atoms. The smallest absolute Gasteiger partial charge is 0.267 e. The molecule has 3 atom stereocenters. The van der Waals surface area contributed by atoms with Crippen LogP contribution in [0.5, 0.6) is 5.75 Å². The van der Waals surface area contributed by atoms with E-state index in [2.05, 4.69) is 15.6 Å². The van der Waals surface area contributed by atoms with Crippen molar-refractivity contribution in [3.05, 3.63) is 74.2 Å². The van der Waals surface area contributed by atoms with Gasteiger partial charge < -0.3 is 25.0 Å². The molecule has 0 spiro atoms. The third-order valence-electron chi connectivity index (χ3n) is 6.81. The molecule has 2 aliphatic rings. The fraction of sp³-hybridized carbons (Fsp3) is 0.333. The van der Waals surface area contributed by atoms with Crippen molar-refractivity contribution in [1.82, 2.24) is 15.2 Å². The summed E-state index contributed by atoms with van der Waals surface area (Å²) in [6.45, 7) is 0.557. The van der Waals surface area contributed by atoms with Gasteiger partial charge in [0.05, 0.1) is 45.9 Å². The minimum absolute atomic E-state index is 0.140. The maximum Gasteiger partial charge on any atom is 0.267 e. The third kappa shape index (κ3) is 6.36. The number of thiazole rings is 1. The van der Waals surface area contributed by atoms with Crippen molar-refractivity contribution in [2.75, 3.05) is 19.0 Å². The van der Waals surface area contributed by atoms with Gasteiger partial charge in [-0.15, -0.1) is 11.3 Å². The van der Waals surface area contributed by atoms with Crippen molar-refractivity contribution in [2.24, 2.45) is 0 Å². The summed E-state index contributed by atoms with van der Waals surface area (Å²) in [6, 6.07) is 9.99.